The number of rotatable bonds is 3. The topological polar surface area (TPSA) is 29.5 Å². The normalized spacial score (nSPS) is 9.90. The highest BCUT2D eigenvalue weighted by Gasteiger charge is 2.05. The van der Waals surface area contributed by atoms with Gasteiger partial charge < -0.3 is 9.84 Å². The Kier molecular flexibility index (Phi) is 4.85. The molecule has 0 fully saturated rings. The molecule has 2 nitrogen and oxygen atoms in total. The van der Waals surface area contributed by atoms with Crippen LogP contribution in [0.4, 0.5) is 13.2 Å². The van der Waals surface area contributed by atoms with Crippen molar-refractivity contribution in [1.82, 2.24) is 0 Å². The van der Waals surface area contributed by atoms with Crippen molar-refractivity contribution in [3.05, 3.63) is 65.0 Å². The number of ether oxygens (including phenoxy) is 1. The summed E-state index contributed by atoms with van der Waals surface area (Å²) in [4.78, 5) is 0. The summed E-state index contributed by atoms with van der Waals surface area (Å²) in [5, 5.41) is 8.60. The molecule has 1 N–H and O–H groups in total. The first-order valence-electron chi connectivity index (χ1n) is 6.05. The van der Waals surface area contributed by atoms with Crippen LogP contribution in [0.15, 0.2) is 36.4 Å². The molecule has 0 aliphatic carbocycles. The Hall–Kier alpha value is -2.45. The van der Waals surface area contributed by atoms with Gasteiger partial charge in [0.15, 0.2) is 11.6 Å². The molecule has 0 saturated carbocycles. The summed E-state index contributed by atoms with van der Waals surface area (Å²) < 4.78 is 44.5. The molecule has 0 aromatic heterocycles. The van der Waals surface area contributed by atoms with Crippen LogP contribution in [0.25, 0.3) is 0 Å². The van der Waals surface area contributed by atoms with Crippen LogP contribution in [0, 0.1) is 29.3 Å². The third-order valence-corrected chi connectivity index (χ3v) is 2.57. The predicted molar refractivity (Wildman–Crippen MR) is 71.1 cm³/mol. The highest BCUT2D eigenvalue weighted by Crippen LogP contribution is 2.18. The van der Waals surface area contributed by atoms with Crippen molar-refractivity contribution in [3.63, 3.8) is 0 Å². The molecular formula is C16H11F3O2. The van der Waals surface area contributed by atoms with E-state index in [9.17, 15) is 13.2 Å². The highest BCUT2D eigenvalue weighted by molar-refractivity contribution is 5.40. The van der Waals surface area contributed by atoms with Crippen molar-refractivity contribution in [2.75, 3.05) is 6.61 Å². The molecule has 2 rings (SSSR count). The van der Waals surface area contributed by atoms with E-state index in [-0.39, 0.29) is 19.0 Å². The second kappa shape index (κ2) is 6.82. The van der Waals surface area contributed by atoms with Gasteiger partial charge in [0, 0.05) is 11.6 Å². The minimum absolute atomic E-state index is 0.0342. The van der Waals surface area contributed by atoms with E-state index in [2.05, 4.69) is 11.8 Å². The lowest BCUT2D eigenvalue weighted by molar-refractivity contribution is 0.303. The molecule has 0 heterocycles. The zero-order valence-corrected chi connectivity index (χ0v) is 10.9. The highest BCUT2D eigenvalue weighted by atomic mass is 19.2. The van der Waals surface area contributed by atoms with Crippen molar-refractivity contribution in [2.24, 2.45) is 0 Å². The fourth-order valence-electron chi connectivity index (χ4n) is 1.66. The molecule has 0 saturated heterocycles. The zero-order chi connectivity index (χ0) is 15.2. The number of aliphatic hydroxyl groups is 1. The van der Waals surface area contributed by atoms with E-state index >= 15 is 0 Å². The lowest BCUT2D eigenvalue weighted by atomic mass is 10.2. The van der Waals surface area contributed by atoms with E-state index in [0.29, 0.717) is 11.1 Å². The van der Waals surface area contributed by atoms with Crippen molar-refractivity contribution in [3.8, 4) is 17.6 Å². The minimum Gasteiger partial charge on any atom is -0.489 e. The molecule has 0 spiro atoms. The van der Waals surface area contributed by atoms with Crippen LogP contribution < -0.4 is 4.74 Å². The second-order valence-electron chi connectivity index (χ2n) is 4.17. The van der Waals surface area contributed by atoms with Gasteiger partial charge in [-0.25, -0.2) is 13.2 Å². The van der Waals surface area contributed by atoms with Gasteiger partial charge in [-0.3, -0.25) is 0 Å². The molecule has 0 aliphatic rings. The van der Waals surface area contributed by atoms with Crippen LogP contribution in [0.1, 0.15) is 11.1 Å². The molecule has 108 valence electrons. The Bertz CT molecular complexity index is 702. The molecule has 21 heavy (non-hydrogen) atoms. The van der Waals surface area contributed by atoms with Crippen LogP contribution in [0.3, 0.4) is 0 Å². The van der Waals surface area contributed by atoms with Gasteiger partial charge in [-0.15, -0.1) is 0 Å². The second-order valence-corrected chi connectivity index (χ2v) is 4.17. The van der Waals surface area contributed by atoms with Gasteiger partial charge in [-0.2, -0.15) is 0 Å². The van der Waals surface area contributed by atoms with E-state index in [0.717, 1.165) is 18.2 Å². The fraction of sp³-hybridized carbons (Fsp3) is 0.125. The summed E-state index contributed by atoms with van der Waals surface area (Å²) in [6, 6.07) is 7.24. The predicted octanol–water partition coefficient (Wildman–Crippen LogP) is 3.03. The average Bonchev–Trinajstić information content (AvgIpc) is 2.46. The van der Waals surface area contributed by atoms with E-state index < -0.39 is 17.5 Å². The molecule has 0 bridgehead atoms. The largest absolute Gasteiger partial charge is 0.489 e. The first-order chi connectivity index (χ1) is 10.1. The van der Waals surface area contributed by atoms with Crippen molar-refractivity contribution in [1.29, 1.82) is 0 Å². The molecule has 2 aromatic rings. The summed E-state index contributed by atoms with van der Waals surface area (Å²) in [6.07, 6.45) is 0. The van der Waals surface area contributed by atoms with Crippen LogP contribution >= 0.6 is 0 Å². The molecule has 0 amide bonds. The summed E-state index contributed by atoms with van der Waals surface area (Å²) in [5.41, 5.74) is 0.769. The summed E-state index contributed by atoms with van der Waals surface area (Å²) >= 11 is 0. The molecule has 0 aliphatic heterocycles. The van der Waals surface area contributed by atoms with Crippen molar-refractivity contribution < 1.29 is 23.0 Å². The van der Waals surface area contributed by atoms with E-state index in [1.54, 1.807) is 0 Å². The fourth-order valence-corrected chi connectivity index (χ4v) is 1.66. The first-order valence-corrected chi connectivity index (χ1v) is 6.05. The third-order valence-electron chi connectivity index (χ3n) is 2.57. The SMILES string of the molecule is OCC#Cc1cc(F)cc(OCc2ccc(F)c(F)c2)c1. The van der Waals surface area contributed by atoms with Gasteiger partial charge in [-0.05, 0) is 29.8 Å². The van der Waals surface area contributed by atoms with Crippen LogP contribution in [0.5, 0.6) is 5.75 Å². The number of hydrogen-bond donors (Lipinski definition) is 1. The van der Waals surface area contributed by atoms with Crippen LogP contribution in [0.2, 0.25) is 0 Å². The van der Waals surface area contributed by atoms with Gasteiger partial charge >= 0.3 is 0 Å². The monoisotopic (exact) mass is 292 g/mol. The van der Waals surface area contributed by atoms with Crippen molar-refractivity contribution >= 4 is 0 Å². The number of hydrogen-bond acceptors (Lipinski definition) is 2. The molecule has 2 aromatic carbocycles. The van der Waals surface area contributed by atoms with E-state index in [1.165, 1.54) is 18.2 Å². The number of halogens is 3. The minimum atomic E-state index is -0.968. The van der Waals surface area contributed by atoms with Crippen molar-refractivity contribution in [2.45, 2.75) is 6.61 Å². The Morgan fingerprint density at radius 1 is 1.00 bits per heavy atom. The number of aliphatic hydroxyl groups excluding tert-OH is 1. The average molecular weight is 292 g/mol. The Labute approximate surface area is 119 Å². The maximum Gasteiger partial charge on any atom is 0.159 e. The summed E-state index contributed by atoms with van der Waals surface area (Å²) in [5.74, 6) is 2.72. The Morgan fingerprint density at radius 3 is 2.52 bits per heavy atom. The lowest BCUT2D eigenvalue weighted by Gasteiger charge is -2.07. The van der Waals surface area contributed by atoms with Crippen LogP contribution in [-0.2, 0) is 6.61 Å². The lowest BCUT2D eigenvalue weighted by Crippen LogP contribution is -1.98. The summed E-state index contributed by atoms with van der Waals surface area (Å²) in [6.45, 7) is -0.366. The molecular weight excluding hydrogens is 281 g/mol. The molecule has 0 atom stereocenters. The third kappa shape index (κ3) is 4.26. The quantitative estimate of drug-likeness (QED) is 0.881. The van der Waals surface area contributed by atoms with Gasteiger partial charge in [0.05, 0.1) is 0 Å². The Balaban J connectivity index is 2.12. The van der Waals surface area contributed by atoms with Crippen LogP contribution in [-0.4, -0.2) is 11.7 Å². The van der Waals surface area contributed by atoms with Gasteiger partial charge in [0.2, 0.25) is 0 Å². The maximum atomic E-state index is 13.4. The first kappa shape index (κ1) is 14.9. The standard InChI is InChI=1S/C16H11F3O2/c17-13-6-11(2-1-5-20)7-14(9-13)21-10-12-3-4-15(18)16(19)8-12/h3-4,6-9,20H,5,10H2. The molecule has 0 unspecified atom stereocenters. The smallest absolute Gasteiger partial charge is 0.159 e. The Morgan fingerprint density at radius 2 is 1.81 bits per heavy atom. The van der Waals surface area contributed by atoms with Gasteiger partial charge in [0.1, 0.15) is 24.8 Å². The zero-order valence-electron chi connectivity index (χ0n) is 10.9. The molecule has 0 radical (unpaired) electrons. The van der Waals surface area contributed by atoms with Gasteiger partial charge in [-0.1, -0.05) is 17.9 Å². The molecule has 5 heteroatoms. The summed E-state index contributed by atoms with van der Waals surface area (Å²) in [7, 11) is 0. The van der Waals surface area contributed by atoms with Gasteiger partial charge in [0.25, 0.3) is 0 Å². The number of benzene rings is 2. The van der Waals surface area contributed by atoms with E-state index in [4.69, 9.17) is 9.84 Å². The van der Waals surface area contributed by atoms with E-state index in [1.807, 2.05) is 0 Å². The maximum absolute atomic E-state index is 13.4.